The van der Waals surface area contributed by atoms with Crippen LogP contribution in [0.3, 0.4) is 0 Å². The number of benzene rings is 3. The smallest absolute Gasteiger partial charge is 0.248 e. The van der Waals surface area contributed by atoms with E-state index in [2.05, 4.69) is 9.12 Å². The maximum absolute atomic E-state index is 13.4. The van der Waals surface area contributed by atoms with Crippen LogP contribution in [0.1, 0.15) is 29.9 Å². The van der Waals surface area contributed by atoms with Crippen molar-refractivity contribution >= 4 is 61.3 Å². The van der Waals surface area contributed by atoms with Crippen LogP contribution in [0, 0.1) is 5.92 Å². The molecule has 5 rings (SSSR count). The molecule has 41 heavy (non-hydrogen) atoms. The minimum absolute atomic E-state index is 0.0158. The Hall–Kier alpha value is -3.29. The van der Waals surface area contributed by atoms with E-state index < -0.39 is 20.2 Å². The summed E-state index contributed by atoms with van der Waals surface area (Å²) in [5.41, 5.74) is 2.58. The van der Waals surface area contributed by atoms with Crippen molar-refractivity contribution in [2.75, 3.05) is 6.54 Å². The largest absolute Gasteiger partial charge is 0.316 e. The molecule has 0 bridgehead atoms. The number of hydrazone groups is 1. The molecule has 0 amide bonds. The van der Waals surface area contributed by atoms with Gasteiger partial charge in [0.1, 0.15) is 0 Å². The van der Waals surface area contributed by atoms with E-state index in [9.17, 15) is 16.8 Å². The maximum atomic E-state index is 13.4. The van der Waals surface area contributed by atoms with Crippen LogP contribution >= 0.6 is 23.2 Å². The van der Waals surface area contributed by atoms with Gasteiger partial charge in [0.2, 0.25) is 5.96 Å². The predicted molar refractivity (Wildman–Crippen MR) is 161 cm³/mol. The first kappa shape index (κ1) is 29.2. The highest BCUT2D eigenvalue weighted by Gasteiger charge is 2.35. The summed E-state index contributed by atoms with van der Waals surface area (Å²) in [6.45, 7) is 0.326. The Bertz CT molecular complexity index is 1710. The molecule has 3 aromatic rings. The molecule has 3 N–H and O–H groups in total. The average molecular weight is 634 g/mol. The average Bonchev–Trinajstić information content (AvgIpc) is 3.35. The molecule has 1 saturated carbocycles. The Morgan fingerprint density at radius 2 is 1.54 bits per heavy atom. The fourth-order valence-corrected chi connectivity index (χ4v) is 6.21. The van der Waals surface area contributed by atoms with Crippen LogP contribution in [0.2, 0.25) is 10.0 Å². The van der Waals surface area contributed by atoms with Crippen LogP contribution in [-0.2, 0) is 20.2 Å². The van der Waals surface area contributed by atoms with E-state index in [-0.39, 0.29) is 28.7 Å². The number of hydrogen-bond acceptors (Lipinski definition) is 6. The first-order valence-electron chi connectivity index (χ1n) is 12.6. The topological polar surface area (TPSA) is 147 Å². The maximum Gasteiger partial charge on any atom is 0.316 e. The molecule has 1 heterocycles. The number of halogens is 2. The number of guanidine groups is 1. The molecule has 1 atom stereocenters. The van der Waals surface area contributed by atoms with E-state index in [1.54, 1.807) is 17.1 Å². The fraction of sp³-hybridized carbons (Fsp3) is 0.222. The predicted octanol–water partition coefficient (Wildman–Crippen LogP) is 4.18. The number of sulfonamides is 1. The van der Waals surface area contributed by atoms with Gasteiger partial charge in [0.05, 0.1) is 23.2 Å². The summed E-state index contributed by atoms with van der Waals surface area (Å²) >= 11 is 12.1. The quantitative estimate of drug-likeness (QED) is 0.296. The zero-order valence-corrected chi connectivity index (χ0v) is 24.7. The molecule has 0 spiro atoms. The highest BCUT2D eigenvalue weighted by molar-refractivity contribution is 7.90. The van der Waals surface area contributed by atoms with Gasteiger partial charge in [-0.3, -0.25) is 0 Å². The van der Waals surface area contributed by atoms with Crippen molar-refractivity contribution in [3.63, 3.8) is 0 Å². The van der Waals surface area contributed by atoms with Crippen LogP contribution in [0.4, 0.5) is 0 Å². The Morgan fingerprint density at radius 3 is 2.15 bits per heavy atom. The minimum atomic E-state index is -4.05. The summed E-state index contributed by atoms with van der Waals surface area (Å²) in [6.07, 6.45) is 2.22. The second kappa shape index (κ2) is 11.9. The second-order valence-corrected chi connectivity index (χ2v) is 13.5. The minimum Gasteiger partial charge on any atom is -0.248 e. The number of rotatable bonds is 7. The van der Waals surface area contributed by atoms with E-state index in [0.717, 1.165) is 16.8 Å². The third-order valence-corrected chi connectivity index (χ3v) is 8.99. The molecular formula is C27H26Cl2N6O4S2. The fourth-order valence-electron chi connectivity index (χ4n) is 4.60. The third kappa shape index (κ3) is 7.32. The van der Waals surface area contributed by atoms with Gasteiger partial charge in [-0.05, 0) is 66.3 Å². The molecule has 1 aliphatic heterocycles. The second-order valence-electron chi connectivity index (χ2n) is 9.70. The zero-order chi connectivity index (χ0) is 29.2. The summed E-state index contributed by atoms with van der Waals surface area (Å²) in [6, 6.07) is 22.6. The lowest BCUT2D eigenvalue weighted by molar-refractivity contribution is 0.344. The van der Waals surface area contributed by atoms with Crippen molar-refractivity contribution in [2.24, 2.45) is 25.5 Å². The van der Waals surface area contributed by atoms with E-state index in [4.69, 9.17) is 38.4 Å². The van der Waals surface area contributed by atoms with Gasteiger partial charge in [-0.25, -0.2) is 28.3 Å². The standard InChI is InChI=1S/C27H26Cl2N6O4S2/c28-21-8-6-20(7-9-21)26-25(19-4-2-1-3-5-19)17-35(33-26)27(32-23-14-18(15-23)16-31-41(30,38)39)34-40(36,37)24-12-10-22(29)11-13-24/h1-13,16,18,23,25H,14-15,17H2,(H,32,34)(H2,30,38,39)/t18?,23?,25-/m0/s1. The first-order chi connectivity index (χ1) is 19.5. The first-order valence-corrected chi connectivity index (χ1v) is 16.3. The van der Waals surface area contributed by atoms with Crippen LogP contribution in [0.25, 0.3) is 0 Å². The van der Waals surface area contributed by atoms with Crippen LogP contribution < -0.4 is 9.86 Å². The number of aliphatic imine (C=N–C) groups is 1. The molecular weight excluding hydrogens is 607 g/mol. The summed E-state index contributed by atoms with van der Waals surface area (Å²) in [4.78, 5) is 4.73. The lowest BCUT2D eigenvalue weighted by atomic mass is 9.82. The van der Waals surface area contributed by atoms with E-state index >= 15 is 0 Å². The highest BCUT2D eigenvalue weighted by Crippen LogP contribution is 2.32. The summed E-state index contributed by atoms with van der Waals surface area (Å²) < 4.78 is 55.1. The monoisotopic (exact) mass is 632 g/mol. The zero-order valence-electron chi connectivity index (χ0n) is 21.5. The molecule has 1 fully saturated rings. The number of nitrogens with zero attached hydrogens (tertiary/aromatic N) is 4. The van der Waals surface area contributed by atoms with Crippen LogP contribution in [-0.4, -0.2) is 52.3 Å². The van der Waals surface area contributed by atoms with Gasteiger partial charge in [-0.2, -0.15) is 17.9 Å². The molecule has 3 aromatic carbocycles. The van der Waals surface area contributed by atoms with Gasteiger partial charge < -0.3 is 0 Å². The van der Waals surface area contributed by atoms with Crippen molar-refractivity contribution in [3.05, 3.63) is 100 Å². The third-order valence-electron chi connectivity index (χ3n) is 6.72. The van der Waals surface area contributed by atoms with E-state index in [0.29, 0.717) is 29.4 Å². The van der Waals surface area contributed by atoms with E-state index in [1.807, 2.05) is 42.5 Å². The van der Waals surface area contributed by atoms with Gasteiger partial charge in [0.15, 0.2) is 0 Å². The van der Waals surface area contributed by atoms with E-state index in [1.165, 1.54) is 30.5 Å². The van der Waals surface area contributed by atoms with Gasteiger partial charge in [0.25, 0.3) is 10.0 Å². The summed E-state index contributed by atoms with van der Waals surface area (Å²) in [5.74, 6) is -0.282. The molecule has 10 nitrogen and oxygen atoms in total. The molecule has 1 aliphatic carbocycles. The molecule has 0 aromatic heterocycles. The van der Waals surface area contributed by atoms with Crippen molar-refractivity contribution in [3.8, 4) is 0 Å². The van der Waals surface area contributed by atoms with Crippen molar-refractivity contribution < 1.29 is 16.8 Å². The Labute approximate surface area is 248 Å². The molecule has 0 saturated heterocycles. The number of nitrogens with two attached hydrogens (primary N) is 1. The Morgan fingerprint density at radius 1 is 0.927 bits per heavy atom. The van der Waals surface area contributed by atoms with Gasteiger partial charge in [-0.15, -0.1) is 0 Å². The van der Waals surface area contributed by atoms with Gasteiger partial charge in [0, 0.05) is 22.2 Å². The number of nitrogens with one attached hydrogen (secondary N) is 1. The summed E-state index contributed by atoms with van der Waals surface area (Å²) in [5, 5.41) is 12.3. The van der Waals surface area contributed by atoms with Gasteiger partial charge in [-0.1, -0.05) is 65.7 Å². The van der Waals surface area contributed by atoms with Crippen LogP contribution in [0.15, 0.2) is 98.2 Å². The Balaban J connectivity index is 1.49. The van der Waals surface area contributed by atoms with Crippen molar-refractivity contribution in [2.45, 2.75) is 29.7 Å². The molecule has 214 valence electrons. The molecule has 0 radical (unpaired) electrons. The lowest BCUT2D eigenvalue weighted by Gasteiger charge is -2.31. The molecule has 14 heteroatoms. The lowest BCUT2D eigenvalue weighted by Crippen LogP contribution is -2.43. The summed E-state index contributed by atoms with van der Waals surface area (Å²) in [7, 11) is -8.02. The number of hydrogen-bond donors (Lipinski definition) is 2. The Kier molecular flexibility index (Phi) is 8.48. The normalized spacial score (nSPS) is 21.5. The SMILES string of the molecule is NS(=O)(=O)N=CC1CC(N=C(NS(=O)(=O)c2ccc(Cl)cc2)N2C[C@@H](c3ccccc3)C(c3ccc(Cl)cc3)=N2)C1. The van der Waals surface area contributed by atoms with Crippen molar-refractivity contribution in [1.29, 1.82) is 0 Å². The molecule has 2 aliphatic rings. The highest BCUT2D eigenvalue weighted by atomic mass is 35.5. The molecule has 0 unspecified atom stereocenters. The van der Waals surface area contributed by atoms with Crippen LogP contribution in [0.5, 0.6) is 0 Å². The van der Waals surface area contributed by atoms with Gasteiger partial charge >= 0.3 is 10.2 Å². The van der Waals surface area contributed by atoms with Crippen molar-refractivity contribution in [1.82, 2.24) is 9.73 Å².